The lowest BCUT2D eigenvalue weighted by Gasteiger charge is -2.36. The molecule has 1 fully saturated rings. The van der Waals surface area contributed by atoms with E-state index in [1.807, 2.05) is 45.0 Å². The molecular weight excluding hydrogens is 526 g/mol. The zero-order valence-corrected chi connectivity index (χ0v) is 25.0. The van der Waals surface area contributed by atoms with Gasteiger partial charge in [-0.05, 0) is 40.0 Å². The highest BCUT2D eigenvalue weighted by atomic mass is 16.5. The maximum absolute atomic E-state index is 12.4. The molecule has 2 aromatic heterocycles. The number of benzene rings is 1. The zero-order chi connectivity index (χ0) is 29.7. The van der Waals surface area contributed by atoms with E-state index in [1.165, 1.54) is 0 Å². The Hall–Kier alpha value is -3.74. The zero-order valence-electron chi connectivity index (χ0n) is 25.0. The molecule has 1 saturated heterocycles. The van der Waals surface area contributed by atoms with Crippen molar-refractivity contribution >= 4 is 11.8 Å². The van der Waals surface area contributed by atoms with Crippen LogP contribution < -0.4 is 15.0 Å². The smallest absolute Gasteiger partial charge is 0.319 e. The van der Waals surface area contributed by atoms with Crippen molar-refractivity contribution < 1.29 is 23.9 Å². The van der Waals surface area contributed by atoms with Crippen LogP contribution in [0.1, 0.15) is 17.0 Å². The van der Waals surface area contributed by atoms with Crippen LogP contribution in [0.3, 0.4) is 0 Å². The number of hydrogen-bond acceptors (Lipinski definition) is 10. The van der Waals surface area contributed by atoms with Crippen molar-refractivity contribution in [3.05, 3.63) is 41.3 Å². The van der Waals surface area contributed by atoms with E-state index < -0.39 is 6.10 Å². The number of nitrogens with one attached hydrogen (secondary N) is 1. The second-order valence-electron chi connectivity index (χ2n) is 10.6. The van der Waals surface area contributed by atoms with E-state index in [0.29, 0.717) is 50.1 Å². The number of anilines is 1. The highest BCUT2D eigenvalue weighted by Crippen LogP contribution is 2.35. The molecule has 12 heteroatoms. The monoisotopic (exact) mass is 567 g/mol. The first-order valence-electron chi connectivity index (χ1n) is 13.8. The average Bonchev–Trinajstić information content (AvgIpc) is 3.29. The lowest BCUT2D eigenvalue weighted by Crippen LogP contribution is -2.49. The van der Waals surface area contributed by atoms with Crippen molar-refractivity contribution in [3.63, 3.8) is 0 Å². The maximum atomic E-state index is 12.4. The number of aromatic nitrogens is 3. The van der Waals surface area contributed by atoms with Gasteiger partial charge in [0.2, 0.25) is 0 Å². The number of ether oxygens (including phenoxy) is 2. The molecule has 0 bridgehead atoms. The second-order valence-corrected chi connectivity index (χ2v) is 10.6. The van der Waals surface area contributed by atoms with Crippen LogP contribution in [-0.2, 0) is 4.74 Å². The summed E-state index contributed by atoms with van der Waals surface area (Å²) in [4.78, 5) is 27.9. The molecule has 1 aliphatic heterocycles. The molecule has 2 atom stereocenters. The molecule has 41 heavy (non-hydrogen) atoms. The van der Waals surface area contributed by atoms with Gasteiger partial charge < -0.3 is 39.1 Å². The summed E-state index contributed by atoms with van der Waals surface area (Å²) in [7, 11) is 7.03. The van der Waals surface area contributed by atoms with Crippen LogP contribution in [0.2, 0.25) is 0 Å². The van der Waals surface area contributed by atoms with E-state index in [4.69, 9.17) is 24.0 Å². The minimum Gasteiger partial charge on any atom is -0.491 e. The van der Waals surface area contributed by atoms with Gasteiger partial charge in [0, 0.05) is 51.9 Å². The van der Waals surface area contributed by atoms with Gasteiger partial charge in [0.25, 0.3) is 0 Å². The number of carbonyl (C=O) groups excluding carboxylic acids is 1. The number of likely N-dealkylation sites (N-methyl/N-ethyl adjacent to an activating group) is 2. The molecule has 2 N–H and O–H groups in total. The number of aryl methyl sites for hydroxylation is 2. The minimum absolute atomic E-state index is 0.0764. The fraction of sp³-hybridized carbons (Fsp3) is 0.517. The molecule has 3 heterocycles. The standard InChI is InChI=1S/C29H41N7O5/c1-18-26(25-19(2)33-41-20(25)3)31-27(21-9-8-10-23(13-21)40-17-22(37)14-30-4)32-28(18)36-11-12-39-24(16-36)15-35(7)29(38)34(5)6/h8-10,13,22,24,30,37H,11-12,14-17H2,1-7H3/t22?,24-/m0/s1. The molecule has 1 aliphatic rings. The summed E-state index contributed by atoms with van der Waals surface area (Å²) < 4.78 is 17.4. The number of carbonyl (C=O) groups is 1. The SMILES string of the molecule is CNCC(O)COc1cccc(-c2nc(-c3c(C)noc3C)c(C)c(N3CCO[C@@H](CN(C)C(=O)N(C)C)C3)n2)c1. The van der Waals surface area contributed by atoms with E-state index in [-0.39, 0.29) is 18.7 Å². The van der Waals surface area contributed by atoms with Crippen molar-refractivity contribution in [2.24, 2.45) is 0 Å². The summed E-state index contributed by atoms with van der Waals surface area (Å²) in [5.41, 5.74) is 4.03. The van der Waals surface area contributed by atoms with Gasteiger partial charge in [0.15, 0.2) is 5.82 Å². The van der Waals surface area contributed by atoms with E-state index >= 15 is 0 Å². The summed E-state index contributed by atoms with van der Waals surface area (Å²) in [6.45, 7) is 8.56. The van der Waals surface area contributed by atoms with Gasteiger partial charge in [-0.3, -0.25) is 0 Å². The Kier molecular flexibility index (Phi) is 9.79. The molecule has 0 radical (unpaired) electrons. The van der Waals surface area contributed by atoms with Gasteiger partial charge in [-0.25, -0.2) is 14.8 Å². The van der Waals surface area contributed by atoms with Crippen molar-refractivity contribution in [2.45, 2.75) is 33.0 Å². The van der Waals surface area contributed by atoms with E-state index in [2.05, 4.69) is 15.4 Å². The van der Waals surface area contributed by atoms with E-state index in [1.54, 1.807) is 38.0 Å². The molecule has 1 aromatic carbocycles. The van der Waals surface area contributed by atoms with Gasteiger partial charge in [-0.1, -0.05) is 17.3 Å². The number of aliphatic hydroxyl groups is 1. The van der Waals surface area contributed by atoms with E-state index in [9.17, 15) is 9.90 Å². The van der Waals surface area contributed by atoms with Crippen molar-refractivity contribution in [1.29, 1.82) is 0 Å². The Morgan fingerprint density at radius 3 is 2.71 bits per heavy atom. The number of rotatable bonds is 10. The molecule has 0 spiro atoms. The van der Waals surface area contributed by atoms with Crippen molar-refractivity contribution in [3.8, 4) is 28.4 Å². The summed E-state index contributed by atoms with van der Waals surface area (Å²) in [5.74, 6) is 2.61. The van der Waals surface area contributed by atoms with Crippen LogP contribution in [0, 0.1) is 20.8 Å². The lowest BCUT2D eigenvalue weighted by molar-refractivity contribution is 0.0241. The first kappa shape index (κ1) is 30.2. The maximum Gasteiger partial charge on any atom is 0.319 e. The summed E-state index contributed by atoms with van der Waals surface area (Å²) in [6, 6.07) is 7.47. The number of aliphatic hydroxyl groups excluding tert-OH is 1. The highest BCUT2D eigenvalue weighted by Gasteiger charge is 2.28. The summed E-state index contributed by atoms with van der Waals surface area (Å²) in [5, 5.41) is 17.2. The minimum atomic E-state index is -0.627. The van der Waals surface area contributed by atoms with Crippen LogP contribution in [0.25, 0.3) is 22.6 Å². The van der Waals surface area contributed by atoms with Crippen LogP contribution in [0.4, 0.5) is 10.6 Å². The fourth-order valence-corrected chi connectivity index (χ4v) is 4.97. The van der Waals surface area contributed by atoms with Crippen molar-refractivity contribution in [2.75, 3.05) is 72.5 Å². The number of amides is 2. The number of nitrogens with zero attached hydrogens (tertiary/aromatic N) is 6. The summed E-state index contributed by atoms with van der Waals surface area (Å²) in [6.07, 6.45) is -0.808. The predicted molar refractivity (Wildman–Crippen MR) is 156 cm³/mol. The van der Waals surface area contributed by atoms with Crippen LogP contribution >= 0.6 is 0 Å². The third-order valence-electron chi connectivity index (χ3n) is 6.99. The molecular formula is C29H41N7O5. The largest absolute Gasteiger partial charge is 0.491 e. The Labute approximate surface area is 241 Å². The average molecular weight is 568 g/mol. The molecule has 4 rings (SSSR count). The number of urea groups is 1. The Bertz CT molecular complexity index is 1330. The van der Waals surface area contributed by atoms with E-state index in [0.717, 1.165) is 33.9 Å². The molecule has 3 aromatic rings. The number of hydrogen-bond donors (Lipinski definition) is 2. The van der Waals surface area contributed by atoms with Crippen molar-refractivity contribution in [1.82, 2.24) is 30.2 Å². The van der Waals surface area contributed by atoms with Gasteiger partial charge in [-0.15, -0.1) is 0 Å². The van der Waals surface area contributed by atoms with Crippen LogP contribution in [-0.4, -0.2) is 116 Å². The first-order valence-corrected chi connectivity index (χ1v) is 13.8. The Balaban J connectivity index is 1.70. The van der Waals surface area contributed by atoms with Gasteiger partial charge in [0.05, 0.1) is 36.2 Å². The molecule has 1 unspecified atom stereocenters. The quantitative estimate of drug-likeness (QED) is 0.377. The molecule has 0 aliphatic carbocycles. The fourth-order valence-electron chi connectivity index (χ4n) is 4.97. The third kappa shape index (κ3) is 7.13. The first-order chi connectivity index (χ1) is 19.6. The Morgan fingerprint density at radius 2 is 2.02 bits per heavy atom. The third-order valence-corrected chi connectivity index (χ3v) is 6.99. The van der Waals surface area contributed by atoms with Gasteiger partial charge >= 0.3 is 6.03 Å². The normalized spacial score (nSPS) is 16.0. The van der Waals surface area contributed by atoms with Gasteiger partial charge in [0.1, 0.15) is 30.0 Å². The van der Waals surface area contributed by atoms with Gasteiger partial charge in [-0.2, -0.15) is 0 Å². The predicted octanol–water partition coefficient (Wildman–Crippen LogP) is 2.50. The molecule has 222 valence electrons. The molecule has 12 nitrogen and oxygen atoms in total. The Morgan fingerprint density at radius 1 is 1.24 bits per heavy atom. The highest BCUT2D eigenvalue weighted by molar-refractivity contribution is 5.75. The van der Waals surface area contributed by atoms with Crippen LogP contribution in [0.5, 0.6) is 5.75 Å². The molecule has 0 saturated carbocycles. The van der Waals surface area contributed by atoms with Crippen LogP contribution in [0.15, 0.2) is 28.8 Å². The number of morpholine rings is 1. The lowest BCUT2D eigenvalue weighted by atomic mass is 10.0. The molecule has 2 amide bonds. The topological polar surface area (TPSA) is 129 Å². The summed E-state index contributed by atoms with van der Waals surface area (Å²) >= 11 is 0. The second kappa shape index (κ2) is 13.3.